The van der Waals surface area contributed by atoms with Crippen molar-refractivity contribution >= 4 is 17.7 Å². The molecular formula is C17H23N3O4. The molecule has 130 valence electrons. The Morgan fingerprint density at radius 3 is 2.42 bits per heavy atom. The summed E-state index contributed by atoms with van der Waals surface area (Å²) >= 11 is 0. The van der Waals surface area contributed by atoms with E-state index in [-0.39, 0.29) is 12.0 Å². The van der Waals surface area contributed by atoms with Crippen molar-refractivity contribution in [1.29, 1.82) is 0 Å². The molecule has 2 heterocycles. The highest BCUT2D eigenvalue weighted by molar-refractivity contribution is 5.91. The van der Waals surface area contributed by atoms with Crippen LogP contribution in [0.1, 0.15) is 6.92 Å². The SMILES string of the molecule is COc1ccc(N2CCN(CC3CN(C(C)=O)C(=O)O3)CC2)cc1. The largest absolute Gasteiger partial charge is 0.497 e. The molecule has 2 amide bonds. The van der Waals surface area contributed by atoms with Crippen LogP contribution in [0.5, 0.6) is 5.75 Å². The number of benzene rings is 1. The second-order valence-electron chi connectivity index (χ2n) is 6.12. The predicted octanol–water partition coefficient (Wildman–Crippen LogP) is 1.18. The van der Waals surface area contributed by atoms with Gasteiger partial charge in [0, 0.05) is 45.3 Å². The van der Waals surface area contributed by atoms with Gasteiger partial charge in [0.1, 0.15) is 11.9 Å². The van der Waals surface area contributed by atoms with Gasteiger partial charge in [0.05, 0.1) is 13.7 Å². The van der Waals surface area contributed by atoms with Crippen LogP contribution in [-0.2, 0) is 9.53 Å². The van der Waals surface area contributed by atoms with E-state index < -0.39 is 6.09 Å². The molecule has 0 aliphatic carbocycles. The maximum atomic E-state index is 11.6. The van der Waals surface area contributed by atoms with E-state index in [2.05, 4.69) is 21.9 Å². The van der Waals surface area contributed by atoms with E-state index in [1.54, 1.807) is 7.11 Å². The molecular weight excluding hydrogens is 310 g/mol. The Bertz CT molecular complexity index is 596. The Hall–Kier alpha value is -2.28. The number of rotatable bonds is 4. The van der Waals surface area contributed by atoms with Gasteiger partial charge in [0.25, 0.3) is 0 Å². The van der Waals surface area contributed by atoms with Crippen molar-refractivity contribution in [2.75, 3.05) is 51.3 Å². The monoisotopic (exact) mass is 333 g/mol. The van der Waals surface area contributed by atoms with E-state index in [0.29, 0.717) is 13.1 Å². The van der Waals surface area contributed by atoms with Gasteiger partial charge < -0.3 is 14.4 Å². The van der Waals surface area contributed by atoms with Gasteiger partial charge in [-0.15, -0.1) is 0 Å². The average molecular weight is 333 g/mol. The minimum Gasteiger partial charge on any atom is -0.497 e. The quantitative estimate of drug-likeness (QED) is 0.825. The zero-order chi connectivity index (χ0) is 17.1. The Morgan fingerprint density at radius 1 is 1.21 bits per heavy atom. The maximum Gasteiger partial charge on any atom is 0.417 e. The number of amides is 2. The van der Waals surface area contributed by atoms with Crippen molar-refractivity contribution in [3.8, 4) is 5.75 Å². The predicted molar refractivity (Wildman–Crippen MR) is 89.3 cm³/mol. The van der Waals surface area contributed by atoms with Gasteiger partial charge in [0.2, 0.25) is 5.91 Å². The summed E-state index contributed by atoms with van der Waals surface area (Å²) in [4.78, 5) is 28.7. The zero-order valence-electron chi connectivity index (χ0n) is 14.1. The number of anilines is 1. The van der Waals surface area contributed by atoms with Gasteiger partial charge >= 0.3 is 6.09 Å². The summed E-state index contributed by atoms with van der Waals surface area (Å²) in [7, 11) is 1.66. The first-order valence-corrected chi connectivity index (χ1v) is 8.17. The van der Waals surface area contributed by atoms with Crippen molar-refractivity contribution in [1.82, 2.24) is 9.80 Å². The highest BCUT2D eigenvalue weighted by Gasteiger charge is 2.35. The molecule has 1 aromatic carbocycles. The van der Waals surface area contributed by atoms with E-state index >= 15 is 0 Å². The van der Waals surface area contributed by atoms with Crippen LogP contribution < -0.4 is 9.64 Å². The molecule has 2 aliphatic rings. The highest BCUT2D eigenvalue weighted by atomic mass is 16.6. The summed E-state index contributed by atoms with van der Waals surface area (Å²) in [6.45, 7) is 6.06. The van der Waals surface area contributed by atoms with Crippen molar-refractivity contribution < 1.29 is 19.1 Å². The number of methoxy groups -OCH3 is 1. The number of carbonyl (C=O) groups is 2. The van der Waals surface area contributed by atoms with Gasteiger partial charge in [-0.1, -0.05) is 0 Å². The lowest BCUT2D eigenvalue weighted by molar-refractivity contribution is -0.125. The first-order chi connectivity index (χ1) is 11.6. The molecule has 0 radical (unpaired) electrons. The van der Waals surface area contributed by atoms with Crippen LogP contribution in [0.15, 0.2) is 24.3 Å². The van der Waals surface area contributed by atoms with Gasteiger partial charge in [-0.2, -0.15) is 0 Å². The summed E-state index contributed by atoms with van der Waals surface area (Å²) in [5.41, 5.74) is 1.19. The van der Waals surface area contributed by atoms with Gasteiger partial charge in [-0.05, 0) is 24.3 Å². The van der Waals surface area contributed by atoms with Crippen molar-refractivity contribution in [3.63, 3.8) is 0 Å². The molecule has 0 aromatic heterocycles. The minimum atomic E-state index is -0.524. The fraction of sp³-hybridized carbons (Fsp3) is 0.529. The fourth-order valence-electron chi connectivity index (χ4n) is 3.14. The van der Waals surface area contributed by atoms with Crippen LogP contribution in [0.25, 0.3) is 0 Å². The second-order valence-corrected chi connectivity index (χ2v) is 6.12. The molecule has 1 unspecified atom stereocenters. The molecule has 2 saturated heterocycles. The molecule has 7 nitrogen and oxygen atoms in total. The molecule has 1 aromatic rings. The lowest BCUT2D eigenvalue weighted by Crippen LogP contribution is -2.49. The number of cyclic esters (lactones) is 1. The van der Waals surface area contributed by atoms with Crippen molar-refractivity contribution in [2.45, 2.75) is 13.0 Å². The fourth-order valence-corrected chi connectivity index (χ4v) is 3.14. The molecule has 24 heavy (non-hydrogen) atoms. The molecule has 0 N–H and O–H groups in total. The van der Waals surface area contributed by atoms with Gasteiger partial charge in [0.15, 0.2) is 0 Å². The first-order valence-electron chi connectivity index (χ1n) is 8.17. The Morgan fingerprint density at radius 2 is 1.88 bits per heavy atom. The molecule has 2 fully saturated rings. The summed E-state index contributed by atoms with van der Waals surface area (Å²) in [5.74, 6) is 0.599. The molecule has 7 heteroatoms. The summed E-state index contributed by atoms with van der Waals surface area (Å²) < 4.78 is 10.5. The van der Waals surface area contributed by atoms with Crippen LogP contribution in [0, 0.1) is 0 Å². The number of carbonyl (C=O) groups excluding carboxylic acids is 2. The number of nitrogens with zero attached hydrogens (tertiary/aromatic N) is 3. The average Bonchev–Trinajstić information content (AvgIpc) is 2.96. The number of piperazine rings is 1. The Kier molecular flexibility index (Phi) is 4.89. The first kappa shape index (κ1) is 16.6. The lowest BCUT2D eigenvalue weighted by atomic mass is 10.2. The lowest BCUT2D eigenvalue weighted by Gasteiger charge is -2.36. The maximum absolute atomic E-state index is 11.6. The second kappa shape index (κ2) is 7.09. The van der Waals surface area contributed by atoms with E-state index in [1.165, 1.54) is 12.6 Å². The summed E-state index contributed by atoms with van der Waals surface area (Å²) in [5, 5.41) is 0. The van der Waals surface area contributed by atoms with Crippen LogP contribution in [0.3, 0.4) is 0 Å². The number of imide groups is 1. The van der Waals surface area contributed by atoms with Gasteiger partial charge in [-0.3, -0.25) is 9.69 Å². The topological polar surface area (TPSA) is 62.3 Å². The molecule has 3 rings (SSSR count). The Labute approximate surface area is 141 Å². The van der Waals surface area contributed by atoms with Crippen molar-refractivity contribution in [2.24, 2.45) is 0 Å². The van der Waals surface area contributed by atoms with Crippen LogP contribution in [0.2, 0.25) is 0 Å². The van der Waals surface area contributed by atoms with Crippen LogP contribution in [0.4, 0.5) is 10.5 Å². The summed E-state index contributed by atoms with van der Waals surface area (Å²) in [6, 6.07) is 8.07. The molecule has 1 atom stereocenters. The summed E-state index contributed by atoms with van der Waals surface area (Å²) in [6.07, 6.45) is -0.752. The van der Waals surface area contributed by atoms with Crippen LogP contribution in [-0.4, -0.2) is 74.3 Å². The molecule has 2 aliphatic heterocycles. The minimum absolute atomic E-state index is 0.228. The molecule has 0 bridgehead atoms. The number of hydrogen-bond donors (Lipinski definition) is 0. The zero-order valence-corrected chi connectivity index (χ0v) is 14.1. The van der Waals surface area contributed by atoms with E-state index in [9.17, 15) is 9.59 Å². The van der Waals surface area contributed by atoms with E-state index in [1.807, 2.05) is 12.1 Å². The van der Waals surface area contributed by atoms with E-state index in [0.717, 1.165) is 36.8 Å². The number of ether oxygens (including phenoxy) is 2. The molecule has 0 saturated carbocycles. The third-order valence-electron chi connectivity index (χ3n) is 4.53. The normalized spacial score (nSPS) is 21.8. The number of hydrogen-bond acceptors (Lipinski definition) is 6. The van der Waals surface area contributed by atoms with E-state index in [4.69, 9.17) is 9.47 Å². The van der Waals surface area contributed by atoms with Crippen molar-refractivity contribution in [3.05, 3.63) is 24.3 Å². The van der Waals surface area contributed by atoms with Gasteiger partial charge in [-0.25, -0.2) is 9.69 Å². The standard InChI is InChI=1S/C17H23N3O4/c1-13(21)20-12-16(24-17(20)22)11-18-7-9-19(10-8-18)14-3-5-15(23-2)6-4-14/h3-6,16H,7-12H2,1-2H3. The Balaban J connectivity index is 1.48. The van der Waals surface area contributed by atoms with Crippen LogP contribution >= 0.6 is 0 Å². The molecule has 0 spiro atoms. The highest BCUT2D eigenvalue weighted by Crippen LogP contribution is 2.21. The third-order valence-corrected chi connectivity index (χ3v) is 4.53. The smallest absolute Gasteiger partial charge is 0.417 e. The third kappa shape index (κ3) is 3.62.